The van der Waals surface area contributed by atoms with E-state index < -0.39 is 0 Å². The van der Waals surface area contributed by atoms with Crippen LogP contribution in [0.25, 0.3) is 0 Å². The van der Waals surface area contributed by atoms with Crippen LogP contribution in [0.3, 0.4) is 0 Å². The molecule has 1 atom stereocenters. The molecule has 1 saturated carbocycles. The summed E-state index contributed by atoms with van der Waals surface area (Å²) in [7, 11) is 1.74. The SMILES string of the molecule is CCCNC(Cc1cccc(OC)c1)CC1CCCCC1. The van der Waals surface area contributed by atoms with Crippen molar-refractivity contribution in [1.82, 2.24) is 5.32 Å². The van der Waals surface area contributed by atoms with Gasteiger partial charge in [-0.1, -0.05) is 51.2 Å². The zero-order chi connectivity index (χ0) is 14.9. The summed E-state index contributed by atoms with van der Waals surface area (Å²) in [5, 5.41) is 3.76. The van der Waals surface area contributed by atoms with Gasteiger partial charge in [-0.2, -0.15) is 0 Å². The van der Waals surface area contributed by atoms with E-state index in [2.05, 4.69) is 30.4 Å². The Morgan fingerprint density at radius 1 is 1.24 bits per heavy atom. The summed E-state index contributed by atoms with van der Waals surface area (Å²) in [6.07, 6.45) is 10.8. The second-order valence-corrected chi connectivity index (χ2v) is 6.45. The molecule has 0 saturated heterocycles. The van der Waals surface area contributed by atoms with Crippen molar-refractivity contribution in [1.29, 1.82) is 0 Å². The molecule has 0 aromatic heterocycles. The molecular formula is C19H31NO. The Balaban J connectivity index is 1.93. The summed E-state index contributed by atoms with van der Waals surface area (Å²) in [5.74, 6) is 1.90. The molecule has 0 amide bonds. The predicted molar refractivity (Wildman–Crippen MR) is 90.0 cm³/mol. The number of methoxy groups -OCH3 is 1. The minimum atomic E-state index is 0.611. The highest BCUT2D eigenvalue weighted by Gasteiger charge is 2.19. The lowest BCUT2D eigenvalue weighted by molar-refractivity contribution is 0.296. The van der Waals surface area contributed by atoms with E-state index in [0.717, 1.165) is 24.6 Å². The minimum absolute atomic E-state index is 0.611. The van der Waals surface area contributed by atoms with Crippen LogP contribution in [0.1, 0.15) is 57.4 Å². The molecule has 1 fully saturated rings. The van der Waals surface area contributed by atoms with Crippen LogP contribution in [0, 0.1) is 5.92 Å². The lowest BCUT2D eigenvalue weighted by Gasteiger charge is -2.27. The van der Waals surface area contributed by atoms with Crippen LogP contribution in [0.5, 0.6) is 5.75 Å². The molecule has 1 unspecified atom stereocenters. The highest BCUT2D eigenvalue weighted by Crippen LogP contribution is 2.28. The van der Waals surface area contributed by atoms with Crippen LogP contribution < -0.4 is 10.1 Å². The second kappa shape index (κ2) is 9.09. The van der Waals surface area contributed by atoms with Gasteiger partial charge in [-0.15, -0.1) is 0 Å². The summed E-state index contributed by atoms with van der Waals surface area (Å²) in [6.45, 7) is 3.37. The van der Waals surface area contributed by atoms with Gasteiger partial charge in [-0.05, 0) is 49.4 Å². The molecule has 0 heterocycles. The van der Waals surface area contributed by atoms with E-state index >= 15 is 0 Å². The Kier molecular flexibility index (Phi) is 7.08. The van der Waals surface area contributed by atoms with Gasteiger partial charge in [-0.3, -0.25) is 0 Å². The Morgan fingerprint density at radius 2 is 2.05 bits per heavy atom. The van der Waals surface area contributed by atoms with Gasteiger partial charge in [0.05, 0.1) is 7.11 Å². The summed E-state index contributed by atoms with van der Waals surface area (Å²) in [5.41, 5.74) is 1.39. The van der Waals surface area contributed by atoms with E-state index in [4.69, 9.17) is 4.74 Å². The maximum Gasteiger partial charge on any atom is 0.119 e. The third kappa shape index (κ3) is 5.70. The number of hydrogen-bond donors (Lipinski definition) is 1. The molecule has 2 nitrogen and oxygen atoms in total. The standard InChI is InChI=1S/C19H31NO/c1-3-12-20-18(13-16-8-5-4-6-9-16)14-17-10-7-11-19(15-17)21-2/h7,10-11,15-16,18,20H,3-6,8-9,12-14H2,1-2H3. The van der Waals surface area contributed by atoms with Gasteiger partial charge in [0.1, 0.15) is 5.75 Å². The molecule has 0 bridgehead atoms. The average Bonchev–Trinajstić information content (AvgIpc) is 2.54. The van der Waals surface area contributed by atoms with Gasteiger partial charge < -0.3 is 10.1 Å². The van der Waals surface area contributed by atoms with E-state index in [1.54, 1.807) is 7.11 Å². The molecule has 1 aromatic rings. The van der Waals surface area contributed by atoms with Crippen molar-refractivity contribution in [2.24, 2.45) is 5.92 Å². The first-order chi connectivity index (χ1) is 10.3. The molecule has 0 radical (unpaired) electrons. The summed E-state index contributed by atoms with van der Waals surface area (Å²) < 4.78 is 5.35. The number of benzene rings is 1. The normalized spacial score (nSPS) is 17.6. The van der Waals surface area contributed by atoms with E-state index in [1.807, 2.05) is 6.07 Å². The topological polar surface area (TPSA) is 21.3 Å². The molecule has 0 spiro atoms. The van der Waals surface area contributed by atoms with Crippen LogP contribution >= 0.6 is 0 Å². The molecule has 1 aliphatic carbocycles. The van der Waals surface area contributed by atoms with Gasteiger partial charge in [0.25, 0.3) is 0 Å². The lowest BCUT2D eigenvalue weighted by Crippen LogP contribution is -2.34. The first kappa shape index (κ1) is 16.4. The van der Waals surface area contributed by atoms with Crippen molar-refractivity contribution in [2.75, 3.05) is 13.7 Å². The molecule has 1 N–H and O–H groups in total. The zero-order valence-corrected chi connectivity index (χ0v) is 13.7. The fraction of sp³-hybridized carbons (Fsp3) is 0.684. The second-order valence-electron chi connectivity index (χ2n) is 6.45. The van der Waals surface area contributed by atoms with Crippen molar-refractivity contribution < 1.29 is 4.74 Å². The highest BCUT2D eigenvalue weighted by molar-refractivity contribution is 5.29. The Morgan fingerprint density at radius 3 is 2.76 bits per heavy atom. The minimum Gasteiger partial charge on any atom is -0.497 e. The summed E-state index contributed by atoms with van der Waals surface area (Å²) in [4.78, 5) is 0. The third-order valence-electron chi connectivity index (χ3n) is 4.64. The van der Waals surface area contributed by atoms with E-state index in [9.17, 15) is 0 Å². The van der Waals surface area contributed by atoms with Crippen LogP contribution in [0.4, 0.5) is 0 Å². The maximum atomic E-state index is 5.35. The molecule has 2 heteroatoms. The highest BCUT2D eigenvalue weighted by atomic mass is 16.5. The van der Waals surface area contributed by atoms with Crippen LogP contribution in [-0.2, 0) is 6.42 Å². The number of ether oxygens (including phenoxy) is 1. The molecule has 0 aliphatic heterocycles. The first-order valence-corrected chi connectivity index (χ1v) is 8.68. The number of nitrogens with one attached hydrogen (secondary N) is 1. The number of rotatable bonds is 8. The average molecular weight is 289 g/mol. The van der Waals surface area contributed by atoms with Crippen LogP contribution in [-0.4, -0.2) is 19.7 Å². The van der Waals surface area contributed by atoms with E-state index in [-0.39, 0.29) is 0 Å². The Hall–Kier alpha value is -1.02. The van der Waals surface area contributed by atoms with Crippen molar-refractivity contribution in [3.05, 3.63) is 29.8 Å². The quantitative estimate of drug-likeness (QED) is 0.756. The monoisotopic (exact) mass is 289 g/mol. The smallest absolute Gasteiger partial charge is 0.119 e. The molecular weight excluding hydrogens is 258 g/mol. The van der Waals surface area contributed by atoms with Gasteiger partial charge in [0.2, 0.25) is 0 Å². The van der Waals surface area contributed by atoms with E-state index in [0.29, 0.717) is 6.04 Å². The molecule has 2 rings (SSSR count). The van der Waals surface area contributed by atoms with E-state index in [1.165, 1.54) is 50.5 Å². The summed E-state index contributed by atoms with van der Waals surface area (Å²) in [6, 6.07) is 9.15. The number of hydrogen-bond acceptors (Lipinski definition) is 2. The Labute approximate surface area is 130 Å². The first-order valence-electron chi connectivity index (χ1n) is 8.68. The molecule has 1 aliphatic rings. The van der Waals surface area contributed by atoms with Gasteiger partial charge in [0, 0.05) is 6.04 Å². The lowest BCUT2D eigenvalue weighted by atomic mass is 9.83. The van der Waals surface area contributed by atoms with Crippen molar-refractivity contribution in [3.8, 4) is 5.75 Å². The molecule has 21 heavy (non-hydrogen) atoms. The summed E-state index contributed by atoms with van der Waals surface area (Å²) >= 11 is 0. The van der Waals surface area contributed by atoms with Gasteiger partial charge in [-0.25, -0.2) is 0 Å². The maximum absolute atomic E-state index is 5.35. The predicted octanol–water partition coefficient (Wildman–Crippen LogP) is 4.58. The fourth-order valence-corrected chi connectivity index (χ4v) is 3.50. The van der Waals surface area contributed by atoms with Crippen LogP contribution in [0.15, 0.2) is 24.3 Å². The van der Waals surface area contributed by atoms with Crippen molar-refractivity contribution >= 4 is 0 Å². The van der Waals surface area contributed by atoms with Crippen LogP contribution in [0.2, 0.25) is 0 Å². The largest absolute Gasteiger partial charge is 0.497 e. The zero-order valence-electron chi connectivity index (χ0n) is 13.7. The Bertz CT molecular complexity index is 398. The van der Waals surface area contributed by atoms with Crippen molar-refractivity contribution in [3.63, 3.8) is 0 Å². The molecule has 1 aromatic carbocycles. The third-order valence-corrected chi connectivity index (χ3v) is 4.64. The fourth-order valence-electron chi connectivity index (χ4n) is 3.50. The molecule has 118 valence electrons. The van der Waals surface area contributed by atoms with Crippen molar-refractivity contribution in [2.45, 2.75) is 64.3 Å². The van der Waals surface area contributed by atoms with Gasteiger partial charge >= 0.3 is 0 Å². The van der Waals surface area contributed by atoms with Gasteiger partial charge in [0.15, 0.2) is 0 Å².